The van der Waals surface area contributed by atoms with E-state index in [4.69, 9.17) is 9.84 Å². The molecule has 0 aliphatic rings. The summed E-state index contributed by atoms with van der Waals surface area (Å²) < 4.78 is 5.16. The van der Waals surface area contributed by atoms with Crippen molar-refractivity contribution < 1.29 is 9.84 Å². The molecule has 8 heteroatoms. The van der Waals surface area contributed by atoms with E-state index in [0.29, 0.717) is 37.2 Å². The van der Waals surface area contributed by atoms with E-state index >= 15 is 0 Å². The highest BCUT2D eigenvalue weighted by Gasteiger charge is 2.07. The summed E-state index contributed by atoms with van der Waals surface area (Å²) in [5.74, 6) is 1.22. The largest absolute Gasteiger partial charge is 0.394 e. The lowest BCUT2D eigenvalue weighted by Crippen LogP contribution is -2.13. The van der Waals surface area contributed by atoms with Crippen LogP contribution in [0.4, 0.5) is 11.8 Å². The van der Waals surface area contributed by atoms with E-state index in [9.17, 15) is 0 Å². The fraction of sp³-hybridized carbons (Fsp3) is 0.500. The summed E-state index contributed by atoms with van der Waals surface area (Å²) in [6, 6.07) is 0. The summed E-state index contributed by atoms with van der Waals surface area (Å²) in [6.07, 6.45) is 1.67. The molecule has 2 aromatic rings. The lowest BCUT2D eigenvalue weighted by Gasteiger charge is -2.08. The topological polar surface area (TPSA) is 108 Å². The van der Waals surface area contributed by atoms with Crippen molar-refractivity contribution in [1.29, 1.82) is 0 Å². The maximum Gasteiger partial charge on any atom is 0.226 e. The van der Waals surface area contributed by atoms with Crippen molar-refractivity contribution in [2.45, 2.75) is 0 Å². The molecule has 0 aliphatic heterocycles. The lowest BCUT2D eigenvalue weighted by molar-refractivity contribution is 0.0992. The van der Waals surface area contributed by atoms with E-state index < -0.39 is 0 Å². The van der Waals surface area contributed by atoms with Gasteiger partial charge in [0, 0.05) is 13.6 Å². The van der Waals surface area contributed by atoms with Crippen LogP contribution in [0.15, 0.2) is 6.20 Å². The van der Waals surface area contributed by atoms with Crippen LogP contribution in [-0.2, 0) is 4.74 Å². The molecule has 0 amide bonds. The van der Waals surface area contributed by atoms with Crippen LogP contribution in [-0.4, -0.2) is 58.7 Å². The Morgan fingerprint density at radius 2 is 2.28 bits per heavy atom. The number of fused-ring (bicyclic) bond motifs is 1. The maximum atomic E-state index is 8.58. The number of nitrogens with zero attached hydrogens (tertiary/aromatic N) is 3. The molecule has 8 nitrogen and oxygen atoms in total. The second-order valence-corrected chi connectivity index (χ2v) is 3.54. The first-order chi connectivity index (χ1) is 8.85. The van der Waals surface area contributed by atoms with Gasteiger partial charge in [0.1, 0.15) is 5.82 Å². The summed E-state index contributed by atoms with van der Waals surface area (Å²) in [4.78, 5) is 8.54. The third kappa shape index (κ3) is 2.84. The Balaban J connectivity index is 2.04. The third-order valence-corrected chi connectivity index (χ3v) is 2.31. The minimum absolute atomic E-state index is 0.0311. The van der Waals surface area contributed by atoms with Gasteiger partial charge >= 0.3 is 0 Å². The Kier molecular flexibility index (Phi) is 4.26. The quantitative estimate of drug-likeness (QED) is 0.506. The number of aliphatic hydroxyl groups excluding tert-OH is 1. The molecule has 0 bridgehead atoms. The standard InChI is InChI=1S/C10H16N6O2/c1-11-10-14-8(12-2-4-18-5-3-17)7-6-13-16-9(7)15-10/h6,17H,2-5H2,1H3,(H3,11,12,13,14,15,16). The molecular weight excluding hydrogens is 236 g/mol. The molecule has 98 valence electrons. The molecule has 0 aliphatic carbocycles. The number of nitrogens with one attached hydrogen (secondary N) is 3. The summed E-state index contributed by atoms with van der Waals surface area (Å²) in [6.45, 7) is 1.47. The van der Waals surface area contributed by atoms with Crippen molar-refractivity contribution in [3.05, 3.63) is 6.20 Å². The maximum absolute atomic E-state index is 8.58. The van der Waals surface area contributed by atoms with Gasteiger partial charge in [0.05, 0.1) is 31.4 Å². The van der Waals surface area contributed by atoms with E-state index in [1.54, 1.807) is 13.2 Å². The van der Waals surface area contributed by atoms with Gasteiger partial charge in [-0.3, -0.25) is 5.10 Å². The van der Waals surface area contributed by atoms with Crippen molar-refractivity contribution in [2.24, 2.45) is 0 Å². The zero-order chi connectivity index (χ0) is 12.8. The highest BCUT2D eigenvalue weighted by atomic mass is 16.5. The molecule has 0 atom stereocenters. The Bertz CT molecular complexity index is 500. The normalized spacial score (nSPS) is 10.8. The summed E-state index contributed by atoms with van der Waals surface area (Å²) in [5, 5.41) is 22.2. The van der Waals surface area contributed by atoms with Gasteiger partial charge in [0.25, 0.3) is 0 Å². The molecule has 2 aromatic heterocycles. The van der Waals surface area contributed by atoms with Gasteiger partial charge < -0.3 is 20.5 Å². The molecule has 2 heterocycles. The van der Waals surface area contributed by atoms with Gasteiger partial charge in [-0.25, -0.2) is 0 Å². The van der Waals surface area contributed by atoms with Crippen molar-refractivity contribution in [1.82, 2.24) is 20.2 Å². The van der Waals surface area contributed by atoms with Crippen molar-refractivity contribution in [3.63, 3.8) is 0 Å². The predicted molar refractivity (Wildman–Crippen MR) is 67.6 cm³/mol. The second-order valence-electron chi connectivity index (χ2n) is 3.54. The summed E-state index contributed by atoms with van der Waals surface area (Å²) in [5.41, 5.74) is 0.674. The minimum atomic E-state index is 0.0311. The first-order valence-corrected chi connectivity index (χ1v) is 5.66. The fourth-order valence-corrected chi connectivity index (χ4v) is 1.49. The van der Waals surface area contributed by atoms with Crippen LogP contribution in [0.25, 0.3) is 11.0 Å². The van der Waals surface area contributed by atoms with E-state index in [0.717, 1.165) is 5.39 Å². The zero-order valence-electron chi connectivity index (χ0n) is 10.1. The molecule has 0 radical (unpaired) electrons. The number of hydrogen-bond donors (Lipinski definition) is 4. The second kappa shape index (κ2) is 6.12. The Morgan fingerprint density at radius 3 is 3.06 bits per heavy atom. The summed E-state index contributed by atoms with van der Waals surface area (Å²) >= 11 is 0. The monoisotopic (exact) mass is 252 g/mol. The van der Waals surface area contributed by atoms with Crippen LogP contribution in [0.3, 0.4) is 0 Å². The molecular formula is C10H16N6O2. The highest BCUT2D eigenvalue weighted by Crippen LogP contribution is 2.19. The number of rotatable bonds is 7. The minimum Gasteiger partial charge on any atom is -0.394 e. The van der Waals surface area contributed by atoms with Gasteiger partial charge in [-0.15, -0.1) is 0 Å². The number of H-pyrrole nitrogens is 1. The SMILES string of the molecule is CNc1nc(NCCOCCO)c2cn[nH]c2n1. The number of hydrogen-bond acceptors (Lipinski definition) is 7. The third-order valence-electron chi connectivity index (χ3n) is 2.31. The molecule has 0 unspecified atom stereocenters. The molecule has 0 spiro atoms. The number of aromatic amines is 1. The molecule has 18 heavy (non-hydrogen) atoms. The first kappa shape index (κ1) is 12.5. The molecule has 0 fully saturated rings. The van der Waals surface area contributed by atoms with Gasteiger partial charge in [-0.1, -0.05) is 0 Å². The van der Waals surface area contributed by atoms with E-state index in [1.165, 1.54) is 0 Å². The van der Waals surface area contributed by atoms with Gasteiger partial charge in [-0.2, -0.15) is 15.1 Å². The molecule has 0 saturated heterocycles. The first-order valence-electron chi connectivity index (χ1n) is 5.66. The average Bonchev–Trinajstić information content (AvgIpc) is 2.86. The predicted octanol–water partition coefficient (Wildman–Crippen LogP) is -0.185. The van der Waals surface area contributed by atoms with Crippen LogP contribution in [0.1, 0.15) is 0 Å². The van der Waals surface area contributed by atoms with Crippen LogP contribution >= 0.6 is 0 Å². The van der Waals surface area contributed by atoms with Crippen LogP contribution in [0.5, 0.6) is 0 Å². The van der Waals surface area contributed by atoms with Gasteiger partial charge in [0.15, 0.2) is 5.65 Å². The van der Waals surface area contributed by atoms with Crippen LogP contribution in [0, 0.1) is 0 Å². The van der Waals surface area contributed by atoms with E-state index in [2.05, 4.69) is 30.8 Å². The summed E-state index contributed by atoms with van der Waals surface area (Å²) in [7, 11) is 1.76. The molecule has 2 rings (SSSR count). The number of aromatic nitrogens is 4. The molecule has 4 N–H and O–H groups in total. The Labute approximate surface area is 104 Å². The van der Waals surface area contributed by atoms with Gasteiger partial charge in [-0.05, 0) is 0 Å². The van der Waals surface area contributed by atoms with Crippen LogP contribution < -0.4 is 10.6 Å². The Hall–Kier alpha value is -1.93. The molecule has 0 saturated carbocycles. The zero-order valence-corrected chi connectivity index (χ0v) is 10.1. The molecule has 0 aromatic carbocycles. The van der Waals surface area contributed by atoms with E-state index in [-0.39, 0.29) is 6.61 Å². The van der Waals surface area contributed by atoms with E-state index in [1.807, 2.05) is 0 Å². The number of ether oxygens (including phenoxy) is 1. The number of aliphatic hydroxyl groups is 1. The lowest BCUT2D eigenvalue weighted by atomic mass is 10.4. The fourth-order valence-electron chi connectivity index (χ4n) is 1.49. The van der Waals surface area contributed by atoms with Gasteiger partial charge in [0.2, 0.25) is 5.95 Å². The Morgan fingerprint density at radius 1 is 1.39 bits per heavy atom. The van der Waals surface area contributed by atoms with Crippen molar-refractivity contribution in [2.75, 3.05) is 44.0 Å². The average molecular weight is 252 g/mol. The van der Waals surface area contributed by atoms with Crippen molar-refractivity contribution >= 4 is 22.8 Å². The highest BCUT2D eigenvalue weighted by molar-refractivity contribution is 5.86. The van der Waals surface area contributed by atoms with Crippen LogP contribution in [0.2, 0.25) is 0 Å². The van der Waals surface area contributed by atoms with Crippen molar-refractivity contribution in [3.8, 4) is 0 Å². The number of anilines is 2. The smallest absolute Gasteiger partial charge is 0.226 e.